The Morgan fingerprint density at radius 2 is 1.29 bits per heavy atom. The van der Waals surface area contributed by atoms with Crippen LogP contribution in [-0.4, -0.2) is 62.2 Å². The lowest BCUT2D eigenvalue weighted by atomic mass is 10.4. The van der Waals surface area contributed by atoms with E-state index in [1.54, 1.807) is 42.1 Å². The maximum absolute atomic E-state index is 6.00. The van der Waals surface area contributed by atoms with Gasteiger partial charge in [-0.25, -0.2) is 0 Å². The van der Waals surface area contributed by atoms with E-state index in [4.69, 9.17) is 32.2 Å². The number of rotatable bonds is 15. The van der Waals surface area contributed by atoms with E-state index in [-0.39, 0.29) is 0 Å². The third-order valence-corrected chi connectivity index (χ3v) is 6.19. The minimum Gasteiger partial charge on any atom is -0.377 e. The van der Waals surface area contributed by atoms with Crippen LogP contribution in [0.1, 0.15) is 34.1 Å². The molecule has 0 N–H and O–H groups in total. The molecule has 0 saturated heterocycles. The summed E-state index contributed by atoms with van der Waals surface area (Å²) in [5, 5.41) is 0. The predicted octanol–water partition coefficient (Wildman–Crippen LogP) is 2.94. The summed E-state index contributed by atoms with van der Waals surface area (Å²) in [6, 6.07) is 0.554. The van der Waals surface area contributed by atoms with Crippen molar-refractivity contribution in [2.75, 3.05) is 34.5 Å². The second-order valence-electron chi connectivity index (χ2n) is 5.56. The summed E-state index contributed by atoms with van der Waals surface area (Å²) in [7, 11) is 1.60. The van der Waals surface area contributed by atoms with Gasteiger partial charge in [-0.15, -0.1) is 0 Å². The standard InChI is InChI=1S/C16H34O7Si/c1-13(2)12-20-10-9-11-24(21-14(3)17-6,22-15(4)18-7)23-16(5)19-8/h14-16H,1,9-12H2,2-8H3. The average Bonchev–Trinajstić information content (AvgIpc) is 2.53. The first-order valence-corrected chi connectivity index (χ1v) is 10.1. The Bertz CT molecular complexity index is 309. The lowest BCUT2D eigenvalue weighted by molar-refractivity contribution is -0.163. The van der Waals surface area contributed by atoms with Crippen LogP contribution in [0.3, 0.4) is 0 Å². The Hall–Kier alpha value is -0.323. The van der Waals surface area contributed by atoms with Gasteiger partial charge in [-0.05, 0) is 34.1 Å². The van der Waals surface area contributed by atoms with Gasteiger partial charge in [-0.3, -0.25) is 0 Å². The summed E-state index contributed by atoms with van der Waals surface area (Å²) in [5.41, 5.74) is 0.983. The molecule has 0 aromatic carbocycles. The molecule has 0 aromatic heterocycles. The van der Waals surface area contributed by atoms with Crippen LogP contribution in [0.2, 0.25) is 6.04 Å². The molecule has 0 aliphatic rings. The summed E-state index contributed by atoms with van der Waals surface area (Å²) >= 11 is 0. The van der Waals surface area contributed by atoms with E-state index in [1.165, 1.54) is 0 Å². The fourth-order valence-corrected chi connectivity index (χ4v) is 4.70. The summed E-state index contributed by atoms with van der Waals surface area (Å²) in [5.74, 6) is 0. The fourth-order valence-electron chi connectivity index (χ4n) is 1.80. The summed E-state index contributed by atoms with van der Waals surface area (Å²) in [4.78, 5) is 0. The first kappa shape index (κ1) is 23.7. The van der Waals surface area contributed by atoms with E-state index in [2.05, 4.69) is 6.58 Å². The first-order valence-electron chi connectivity index (χ1n) is 8.12. The highest BCUT2D eigenvalue weighted by atomic mass is 28.4. The molecule has 0 bridgehead atoms. The van der Waals surface area contributed by atoms with Crippen molar-refractivity contribution in [2.45, 2.75) is 59.0 Å². The van der Waals surface area contributed by atoms with Crippen LogP contribution in [0, 0.1) is 0 Å². The zero-order valence-electron chi connectivity index (χ0n) is 16.1. The lowest BCUT2D eigenvalue weighted by Crippen LogP contribution is -2.52. The van der Waals surface area contributed by atoms with E-state index < -0.39 is 27.7 Å². The first-order chi connectivity index (χ1) is 11.3. The molecule has 0 aliphatic carbocycles. The number of hydrogen-bond acceptors (Lipinski definition) is 7. The molecule has 0 radical (unpaired) electrons. The summed E-state index contributed by atoms with van der Waals surface area (Å²) in [6.45, 7) is 12.2. The van der Waals surface area contributed by atoms with Crippen LogP contribution >= 0.6 is 0 Å². The highest BCUT2D eigenvalue weighted by molar-refractivity contribution is 6.60. The Morgan fingerprint density at radius 3 is 1.62 bits per heavy atom. The molecule has 0 rings (SSSR count). The van der Waals surface area contributed by atoms with Gasteiger partial charge in [0.25, 0.3) is 0 Å². The van der Waals surface area contributed by atoms with Gasteiger partial charge in [0.2, 0.25) is 0 Å². The molecule has 24 heavy (non-hydrogen) atoms. The van der Waals surface area contributed by atoms with Crippen LogP contribution < -0.4 is 0 Å². The second-order valence-corrected chi connectivity index (χ2v) is 8.13. The van der Waals surface area contributed by atoms with E-state index in [1.807, 2.05) is 6.92 Å². The second kappa shape index (κ2) is 13.0. The monoisotopic (exact) mass is 366 g/mol. The van der Waals surface area contributed by atoms with Gasteiger partial charge in [0, 0.05) is 34.0 Å². The molecule has 0 heterocycles. The molecule has 0 spiro atoms. The molecule has 144 valence electrons. The van der Waals surface area contributed by atoms with Crippen molar-refractivity contribution in [1.82, 2.24) is 0 Å². The highest BCUT2D eigenvalue weighted by Crippen LogP contribution is 2.24. The Balaban J connectivity index is 4.96. The maximum Gasteiger partial charge on any atom is 0.506 e. The van der Waals surface area contributed by atoms with Gasteiger partial charge in [0.05, 0.1) is 6.61 Å². The summed E-state index contributed by atoms with van der Waals surface area (Å²) < 4.78 is 39.2. The number of methoxy groups -OCH3 is 3. The SMILES string of the molecule is C=C(C)COCCC[Si](OC(C)OC)(OC(C)OC)OC(C)OC. The normalized spacial score (nSPS) is 18.0. The Morgan fingerprint density at radius 1 is 0.875 bits per heavy atom. The molecule has 3 atom stereocenters. The smallest absolute Gasteiger partial charge is 0.377 e. The van der Waals surface area contributed by atoms with Crippen LogP contribution in [0.4, 0.5) is 0 Å². The van der Waals surface area contributed by atoms with Gasteiger partial charge < -0.3 is 32.2 Å². The predicted molar refractivity (Wildman–Crippen MR) is 93.5 cm³/mol. The van der Waals surface area contributed by atoms with E-state index >= 15 is 0 Å². The minimum atomic E-state index is -3.10. The highest BCUT2D eigenvalue weighted by Gasteiger charge is 2.46. The third-order valence-electron chi connectivity index (χ3n) is 3.15. The largest absolute Gasteiger partial charge is 0.506 e. The Kier molecular flexibility index (Phi) is 12.8. The molecule has 8 heteroatoms. The molecule has 3 unspecified atom stereocenters. The Labute approximate surface area is 147 Å². The molecule has 7 nitrogen and oxygen atoms in total. The average molecular weight is 367 g/mol. The van der Waals surface area contributed by atoms with Crippen molar-refractivity contribution in [1.29, 1.82) is 0 Å². The zero-order valence-corrected chi connectivity index (χ0v) is 17.1. The van der Waals surface area contributed by atoms with Gasteiger partial charge in [0.1, 0.15) is 18.9 Å². The fraction of sp³-hybridized carbons (Fsp3) is 0.875. The van der Waals surface area contributed by atoms with E-state index in [0.29, 0.717) is 25.7 Å². The van der Waals surface area contributed by atoms with E-state index in [9.17, 15) is 0 Å². The number of hydrogen-bond donors (Lipinski definition) is 0. The topological polar surface area (TPSA) is 64.6 Å². The van der Waals surface area contributed by atoms with Crippen molar-refractivity contribution in [3.8, 4) is 0 Å². The molecule has 0 aliphatic heterocycles. The summed E-state index contributed by atoms with van der Waals surface area (Å²) in [6.07, 6.45) is -0.702. The van der Waals surface area contributed by atoms with Crippen molar-refractivity contribution in [3.63, 3.8) is 0 Å². The van der Waals surface area contributed by atoms with Gasteiger partial charge in [-0.1, -0.05) is 12.2 Å². The van der Waals surface area contributed by atoms with Crippen LogP contribution in [-0.2, 0) is 32.2 Å². The van der Waals surface area contributed by atoms with Gasteiger partial charge in [0.15, 0.2) is 0 Å². The molecular formula is C16H34O7Si. The molecule has 0 saturated carbocycles. The lowest BCUT2D eigenvalue weighted by Gasteiger charge is -2.35. The van der Waals surface area contributed by atoms with Crippen LogP contribution in [0.15, 0.2) is 12.2 Å². The van der Waals surface area contributed by atoms with Crippen LogP contribution in [0.25, 0.3) is 0 Å². The van der Waals surface area contributed by atoms with Crippen molar-refractivity contribution < 1.29 is 32.2 Å². The minimum absolute atomic E-state index is 0.471. The van der Waals surface area contributed by atoms with Crippen molar-refractivity contribution >= 4 is 8.80 Å². The van der Waals surface area contributed by atoms with E-state index in [0.717, 1.165) is 5.57 Å². The quantitative estimate of drug-likeness (QED) is 0.191. The van der Waals surface area contributed by atoms with Gasteiger partial charge in [-0.2, -0.15) is 0 Å². The van der Waals surface area contributed by atoms with Crippen molar-refractivity contribution in [3.05, 3.63) is 12.2 Å². The van der Waals surface area contributed by atoms with Gasteiger partial charge >= 0.3 is 8.80 Å². The molecule has 0 amide bonds. The number of ether oxygens (including phenoxy) is 4. The third kappa shape index (κ3) is 10.5. The molecule has 0 aromatic rings. The zero-order chi connectivity index (χ0) is 18.6. The van der Waals surface area contributed by atoms with Crippen molar-refractivity contribution in [2.24, 2.45) is 0 Å². The molecule has 0 fully saturated rings. The maximum atomic E-state index is 6.00. The molecular weight excluding hydrogens is 332 g/mol. The van der Waals surface area contributed by atoms with Crippen LogP contribution in [0.5, 0.6) is 0 Å².